The predicted octanol–water partition coefficient (Wildman–Crippen LogP) is 3.24. The maximum atomic E-state index is 12.3. The zero-order valence-electron chi connectivity index (χ0n) is 15.9. The molecule has 1 amide bonds. The quantitative estimate of drug-likeness (QED) is 0.538. The summed E-state index contributed by atoms with van der Waals surface area (Å²) in [5, 5.41) is 14.9. The van der Waals surface area contributed by atoms with Crippen molar-refractivity contribution >= 4 is 11.6 Å². The number of carbonyl (C=O) groups is 1. The number of nitrogens with one attached hydrogen (secondary N) is 1. The van der Waals surface area contributed by atoms with E-state index in [1.807, 2.05) is 6.92 Å². The van der Waals surface area contributed by atoms with Gasteiger partial charge in [0.25, 0.3) is 0 Å². The van der Waals surface area contributed by atoms with E-state index in [9.17, 15) is 4.79 Å². The highest BCUT2D eigenvalue weighted by atomic mass is 16.5. The van der Waals surface area contributed by atoms with Crippen LogP contribution >= 0.6 is 0 Å². The molecule has 9 nitrogen and oxygen atoms in total. The second-order valence-electron chi connectivity index (χ2n) is 6.35. The van der Waals surface area contributed by atoms with Crippen LogP contribution in [-0.2, 0) is 11.2 Å². The van der Waals surface area contributed by atoms with E-state index in [1.54, 1.807) is 66.6 Å². The molecule has 0 fully saturated rings. The highest BCUT2D eigenvalue weighted by Crippen LogP contribution is 2.22. The Hall–Kier alpha value is -4.01. The number of carbonyl (C=O) groups excluding carboxylic acids is 1. The largest absolute Gasteiger partial charge is 0.438 e. The van der Waals surface area contributed by atoms with Crippen molar-refractivity contribution in [2.75, 3.05) is 5.32 Å². The van der Waals surface area contributed by atoms with Gasteiger partial charge in [-0.2, -0.15) is 0 Å². The van der Waals surface area contributed by atoms with Gasteiger partial charge in [-0.25, -0.2) is 4.98 Å². The van der Waals surface area contributed by atoms with Crippen molar-refractivity contribution < 1.29 is 14.1 Å². The fourth-order valence-corrected chi connectivity index (χ4v) is 2.75. The Kier molecular flexibility index (Phi) is 5.02. The van der Waals surface area contributed by atoms with Gasteiger partial charge in [-0.05, 0) is 44.2 Å². The maximum Gasteiger partial charge on any atom is 0.238 e. The van der Waals surface area contributed by atoms with Crippen molar-refractivity contribution in [3.05, 3.63) is 72.1 Å². The van der Waals surface area contributed by atoms with Crippen LogP contribution in [0.15, 0.2) is 59.6 Å². The summed E-state index contributed by atoms with van der Waals surface area (Å²) < 4.78 is 12.5. The predicted molar refractivity (Wildman–Crippen MR) is 104 cm³/mol. The zero-order valence-corrected chi connectivity index (χ0v) is 15.9. The van der Waals surface area contributed by atoms with Crippen molar-refractivity contribution in [1.29, 1.82) is 0 Å². The molecule has 0 saturated carbocycles. The Labute approximate surface area is 166 Å². The molecule has 9 heteroatoms. The molecule has 3 aromatic heterocycles. The molecule has 0 spiro atoms. The lowest BCUT2D eigenvalue weighted by molar-refractivity contribution is -0.115. The first-order valence-electron chi connectivity index (χ1n) is 8.90. The third kappa shape index (κ3) is 4.29. The van der Waals surface area contributed by atoms with Gasteiger partial charge >= 0.3 is 0 Å². The Morgan fingerprint density at radius 3 is 2.59 bits per heavy atom. The van der Waals surface area contributed by atoms with Gasteiger partial charge in [-0.3, -0.25) is 9.36 Å². The number of hydrogen-bond acceptors (Lipinski definition) is 7. The summed E-state index contributed by atoms with van der Waals surface area (Å²) in [5.74, 6) is 2.10. The van der Waals surface area contributed by atoms with Gasteiger partial charge in [-0.1, -0.05) is 5.16 Å². The van der Waals surface area contributed by atoms with E-state index in [0.29, 0.717) is 28.9 Å². The molecule has 0 saturated heterocycles. The van der Waals surface area contributed by atoms with Crippen molar-refractivity contribution in [3.8, 4) is 17.4 Å². The third-order valence-corrected chi connectivity index (χ3v) is 4.27. The standard InChI is InChI=1S/C20H18N6O3/c1-13-17(14(2)29-25-13)11-19(27)22-15-3-5-16(6-4-15)28-20-8-7-18(23-24-20)26-10-9-21-12-26/h3-10,12H,11H2,1-2H3,(H,22,27). The molecular weight excluding hydrogens is 372 g/mol. The molecule has 0 aliphatic carbocycles. The molecule has 29 heavy (non-hydrogen) atoms. The number of imidazole rings is 1. The topological polar surface area (TPSA) is 108 Å². The van der Waals surface area contributed by atoms with Crippen LogP contribution in [0.3, 0.4) is 0 Å². The molecule has 4 rings (SSSR count). The van der Waals surface area contributed by atoms with E-state index < -0.39 is 0 Å². The van der Waals surface area contributed by atoms with Gasteiger partial charge in [0, 0.05) is 29.7 Å². The average molecular weight is 390 g/mol. The fraction of sp³-hybridized carbons (Fsp3) is 0.150. The Bertz CT molecular complexity index is 1080. The van der Waals surface area contributed by atoms with Gasteiger partial charge in [0.05, 0.1) is 12.1 Å². The molecule has 0 unspecified atom stereocenters. The number of nitrogens with zero attached hydrogens (tertiary/aromatic N) is 5. The summed E-state index contributed by atoms with van der Waals surface area (Å²) in [7, 11) is 0. The Balaban J connectivity index is 1.36. The lowest BCUT2D eigenvalue weighted by Gasteiger charge is -2.08. The average Bonchev–Trinajstić information content (AvgIpc) is 3.36. The van der Waals surface area contributed by atoms with Crippen LogP contribution in [0.4, 0.5) is 5.69 Å². The molecule has 0 aliphatic heterocycles. The third-order valence-electron chi connectivity index (χ3n) is 4.27. The highest BCUT2D eigenvalue weighted by molar-refractivity contribution is 5.92. The Morgan fingerprint density at radius 1 is 1.14 bits per heavy atom. The van der Waals surface area contributed by atoms with Crippen LogP contribution in [0.5, 0.6) is 11.6 Å². The lowest BCUT2D eigenvalue weighted by Crippen LogP contribution is -2.15. The second-order valence-corrected chi connectivity index (χ2v) is 6.35. The van der Waals surface area contributed by atoms with E-state index in [-0.39, 0.29) is 12.3 Å². The molecular formula is C20H18N6O3. The minimum Gasteiger partial charge on any atom is -0.438 e. The van der Waals surface area contributed by atoms with E-state index >= 15 is 0 Å². The van der Waals surface area contributed by atoms with E-state index in [0.717, 1.165) is 11.3 Å². The lowest BCUT2D eigenvalue weighted by atomic mass is 10.1. The molecule has 0 radical (unpaired) electrons. The smallest absolute Gasteiger partial charge is 0.238 e. The van der Waals surface area contributed by atoms with Gasteiger partial charge in [0.15, 0.2) is 5.82 Å². The van der Waals surface area contributed by atoms with Gasteiger partial charge < -0.3 is 14.6 Å². The van der Waals surface area contributed by atoms with E-state index in [2.05, 4.69) is 25.7 Å². The minimum absolute atomic E-state index is 0.144. The molecule has 0 aliphatic rings. The summed E-state index contributed by atoms with van der Waals surface area (Å²) in [5.41, 5.74) is 2.19. The number of rotatable bonds is 6. The molecule has 4 aromatic rings. The van der Waals surface area contributed by atoms with Crippen LogP contribution < -0.4 is 10.1 Å². The monoisotopic (exact) mass is 390 g/mol. The van der Waals surface area contributed by atoms with Gasteiger partial charge in [0.2, 0.25) is 11.8 Å². The van der Waals surface area contributed by atoms with Crippen molar-refractivity contribution in [2.24, 2.45) is 0 Å². The molecule has 3 heterocycles. The number of aromatic nitrogens is 5. The number of hydrogen-bond donors (Lipinski definition) is 1. The number of ether oxygens (including phenoxy) is 1. The summed E-state index contributed by atoms with van der Waals surface area (Å²) >= 11 is 0. The zero-order chi connectivity index (χ0) is 20.2. The Morgan fingerprint density at radius 2 is 1.97 bits per heavy atom. The first-order chi connectivity index (χ1) is 14.1. The first-order valence-corrected chi connectivity index (χ1v) is 8.90. The molecule has 146 valence electrons. The summed E-state index contributed by atoms with van der Waals surface area (Å²) in [6.45, 7) is 3.61. The van der Waals surface area contributed by atoms with E-state index in [4.69, 9.17) is 9.26 Å². The number of benzene rings is 1. The minimum atomic E-state index is -0.144. The first kappa shape index (κ1) is 18.4. The van der Waals surface area contributed by atoms with Crippen molar-refractivity contribution in [1.82, 2.24) is 24.9 Å². The van der Waals surface area contributed by atoms with Crippen LogP contribution in [0.2, 0.25) is 0 Å². The SMILES string of the molecule is Cc1noc(C)c1CC(=O)Nc1ccc(Oc2ccc(-n3ccnc3)nn2)cc1. The van der Waals surface area contributed by atoms with Crippen LogP contribution in [0, 0.1) is 13.8 Å². The van der Waals surface area contributed by atoms with Gasteiger partial charge in [-0.15, -0.1) is 10.2 Å². The molecule has 0 atom stereocenters. The summed E-state index contributed by atoms with van der Waals surface area (Å²) in [4.78, 5) is 16.2. The van der Waals surface area contributed by atoms with E-state index in [1.165, 1.54) is 0 Å². The molecule has 1 N–H and O–H groups in total. The summed E-state index contributed by atoms with van der Waals surface area (Å²) in [6, 6.07) is 10.5. The van der Waals surface area contributed by atoms with Crippen LogP contribution in [0.25, 0.3) is 5.82 Å². The van der Waals surface area contributed by atoms with Crippen molar-refractivity contribution in [2.45, 2.75) is 20.3 Å². The highest BCUT2D eigenvalue weighted by Gasteiger charge is 2.13. The van der Waals surface area contributed by atoms with Gasteiger partial charge in [0.1, 0.15) is 17.8 Å². The number of aryl methyl sites for hydroxylation is 2. The van der Waals surface area contributed by atoms with Crippen LogP contribution in [-0.4, -0.2) is 30.8 Å². The molecule has 0 bridgehead atoms. The second kappa shape index (κ2) is 7.93. The summed E-state index contributed by atoms with van der Waals surface area (Å²) in [6.07, 6.45) is 5.30. The normalized spacial score (nSPS) is 10.7. The number of amides is 1. The number of anilines is 1. The van der Waals surface area contributed by atoms with Crippen molar-refractivity contribution in [3.63, 3.8) is 0 Å². The molecule has 1 aromatic carbocycles. The maximum absolute atomic E-state index is 12.3. The fourth-order valence-electron chi connectivity index (χ4n) is 2.75. The van der Waals surface area contributed by atoms with Crippen LogP contribution in [0.1, 0.15) is 17.0 Å².